The molecule has 0 fully saturated rings. The first kappa shape index (κ1) is 11.6. The van der Waals surface area contributed by atoms with Crippen molar-refractivity contribution in [1.29, 1.82) is 0 Å². The van der Waals surface area contributed by atoms with Crippen molar-refractivity contribution in [3.63, 3.8) is 0 Å². The summed E-state index contributed by atoms with van der Waals surface area (Å²) in [6, 6.07) is 1.96. The van der Waals surface area contributed by atoms with Crippen LogP contribution in [0.5, 0.6) is 5.75 Å². The Kier molecular flexibility index (Phi) is 3.24. The second-order valence-corrected chi connectivity index (χ2v) is 5.33. The zero-order valence-corrected chi connectivity index (χ0v) is 9.25. The first-order valence-corrected chi connectivity index (χ1v) is 6.02. The lowest BCUT2D eigenvalue weighted by Gasteiger charge is -2.06. The highest BCUT2D eigenvalue weighted by Crippen LogP contribution is 2.32. The van der Waals surface area contributed by atoms with Gasteiger partial charge in [0.25, 0.3) is 9.05 Å². The summed E-state index contributed by atoms with van der Waals surface area (Å²) in [5, 5.41) is -0.0671. The Morgan fingerprint density at radius 2 is 2.00 bits per heavy atom. The van der Waals surface area contributed by atoms with Gasteiger partial charge in [-0.2, -0.15) is 0 Å². The number of hydrogen-bond donors (Lipinski definition) is 0. The van der Waals surface area contributed by atoms with Crippen molar-refractivity contribution in [3.05, 3.63) is 23.0 Å². The average Bonchev–Trinajstić information content (AvgIpc) is 2.01. The maximum Gasteiger partial charge on any atom is 0.265 e. The fraction of sp³-hybridized carbons (Fsp3) is 0.143. The third kappa shape index (κ3) is 2.29. The van der Waals surface area contributed by atoms with Gasteiger partial charge < -0.3 is 4.74 Å². The Balaban J connectivity index is 3.56. The average molecular weight is 259 g/mol. The van der Waals surface area contributed by atoms with Gasteiger partial charge in [0, 0.05) is 15.7 Å². The minimum Gasteiger partial charge on any atom is -0.492 e. The number of methoxy groups -OCH3 is 1. The third-order valence-electron chi connectivity index (χ3n) is 1.44. The summed E-state index contributed by atoms with van der Waals surface area (Å²) in [6.07, 6.45) is 0. The second kappa shape index (κ2) is 3.92. The predicted octanol–water partition coefficient (Wildman–Crippen LogP) is 2.42. The second-order valence-electron chi connectivity index (χ2n) is 2.36. The van der Waals surface area contributed by atoms with Gasteiger partial charge in [-0.1, -0.05) is 11.6 Å². The first-order chi connectivity index (χ1) is 6.36. The van der Waals surface area contributed by atoms with Crippen molar-refractivity contribution in [2.45, 2.75) is 4.90 Å². The molecule has 0 saturated carbocycles. The molecule has 0 unspecified atom stereocenters. The van der Waals surface area contributed by atoms with E-state index in [0.29, 0.717) is 0 Å². The standard InChI is InChI=1S/C7H5Cl2FO3S/c1-13-7-5(10)2-4(8)3-6(7)14(9,11)12/h2-3H,1H3. The summed E-state index contributed by atoms with van der Waals surface area (Å²) in [6.45, 7) is 0. The minimum atomic E-state index is -4.07. The van der Waals surface area contributed by atoms with E-state index in [1.165, 1.54) is 0 Å². The van der Waals surface area contributed by atoms with Crippen molar-refractivity contribution in [3.8, 4) is 5.75 Å². The summed E-state index contributed by atoms with van der Waals surface area (Å²) in [7, 11) is 2.12. The van der Waals surface area contributed by atoms with Crippen LogP contribution in [0.3, 0.4) is 0 Å². The molecule has 1 aromatic rings. The normalized spacial score (nSPS) is 11.4. The van der Waals surface area contributed by atoms with Crippen molar-refractivity contribution in [2.75, 3.05) is 7.11 Å². The van der Waals surface area contributed by atoms with Crippen molar-refractivity contribution >= 4 is 31.3 Å². The predicted molar refractivity (Wildman–Crippen MR) is 51.0 cm³/mol. The molecule has 0 N–H and O–H groups in total. The smallest absolute Gasteiger partial charge is 0.265 e. The van der Waals surface area contributed by atoms with E-state index < -0.39 is 25.5 Å². The van der Waals surface area contributed by atoms with Gasteiger partial charge in [0.1, 0.15) is 4.90 Å². The molecule has 7 heteroatoms. The Morgan fingerprint density at radius 3 is 2.43 bits per heavy atom. The van der Waals surface area contributed by atoms with Crippen molar-refractivity contribution in [2.24, 2.45) is 0 Å². The van der Waals surface area contributed by atoms with E-state index >= 15 is 0 Å². The third-order valence-corrected chi connectivity index (χ3v) is 2.99. The van der Waals surface area contributed by atoms with Gasteiger partial charge in [-0.05, 0) is 12.1 Å². The molecule has 0 heterocycles. The lowest BCUT2D eigenvalue weighted by atomic mass is 10.3. The highest BCUT2D eigenvalue weighted by molar-refractivity contribution is 8.13. The van der Waals surface area contributed by atoms with Gasteiger partial charge >= 0.3 is 0 Å². The molecule has 0 saturated heterocycles. The summed E-state index contributed by atoms with van der Waals surface area (Å²) in [5.41, 5.74) is 0. The molecule has 0 aliphatic rings. The summed E-state index contributed by atoms with van der Waals surface area (Å²) < 4.78 is 39.6. The largest absolute Gasteiger partial charge is 0.492 e. The Bertz CT molecular complexity index is 458. The van der Waals surface area contributed by atoms with Crippen molar-refractivity contribution in [1.82, 2.24) is 0 Å². The van der Waals surface area contributed by atoms with Crippen LogP contribution in [0.15, 0.2) is 17.0 Å². The highest BCUT2D eigenvalue weighted by atomic mass is 35.7. The topological polar surface area (TPSA) is 43.4 Å². The van der Waals surface area contributed by atoms with Gasteiger partial charge in [-0.15, -0.1) is 0 Å². The van der Waals surface area contributed by atoms with Crippen LogP contribution in [-0.2, 0) is 9.05 Å². The molecule has 3 nitrogen and oxygen atoms in total. The van der Waals surface area contributed by atoms with E-state index in [1.807, 2.05) is 0 Å². The first-order valence-electron chi connectivity index (χ1n) is 3.34. The fourth-order valence-corrected chi connectivity index (χ4v) is 2.20. The minimum absolute atomic E-state index is 0.0671. The summed E-state index contributed by atoms with van der Waals surface area (Å²) in [4.78, 5) is -0.480. The van der Waals surface area contributed by atoms with E-state index in [4.69, 9.17) is 22.3 Å². The molecule has 1 rings (SSSR count). The van der Waals surface area contributed by atoms with E-state index in [0.717, 1.165) is 19.2 Å². The molecule has 0 bridgehead atoms. The van der Waals surface area contributed by atoms with Crippen LogP contribution in [-0.4, -0.2) is 15.5 Å². The van der Waals surface area contributed by atoms with Gasteiger partial charge in [0.2, 0.25) is 0 Å². The molecule has 1 aromatic carbocycles. The molecule has 14 heavy (non-hydrogen) atoms. The van der Waals surface area contributed by atoms with Crippen LogP contribution in [0.4, 0.5) is 4.39 Å². The van der Waals surface area contributed by atoms with Crippen LogP contribution < -0.4 is 4.74 Å². The van der Waals surface area contributed by atoms with Gasteiger partial charge in [0.15, 0.2) is 11.6 Å². The Labute approximate surface area is 89.8 Å². The molecule has 0 atom stereocenters. The molecule has 0 amide bonds. The van der Waals surface area contributed by atoms with Gasteiger partial charge in [0.05, 0.1) is 7.11 Å². The van der Waals surface area contributed by atoms with Gasteiger partial charge in [-0.3, -0.25) is 0 Å². The van der Waals surface area contributed by atoms with Crippen LogP contribution in [0.25, 0.3) is 0 Å². The van der Waals surface area contributed by atoms with Crippen LogP contribution in [0.2, 0.25) is 5.02 Å². The van der Waals surface area contributed by atoms with Crippen LogP contribution >= 0.6 is 22.3 Å². The Hall–Kier alpha value is -0.520. The van der Waals surface area contributed by atoms with Crippen molar-refractivity contribution < 1.29 is 17.5 Å². The number of hydrogen-bond acceptors (Lipinski definition) is 3. The van der Waals surface area contributed by atoms with E-state index in [-0.39, 0.29) is 5.02 Å². The molecule has 0 radical (unpaired) electrons. The number of halogens is 3. The molecule has 0 aliphatic heterocycles. The molecule has 78 valence electrons. The zero-order valence-electron chi connectivity index (χ0n) is 6.92. The van der Waals surface area contributed by atoms with Crippen LogP contribution in [0, 0.1) is 5.82 Å². The van der Waals surface area contributed by atoms with E-state index in [2.05, 4.69) is 4.74 Å². The molecular formula is C7H5Cl2FO3S. The lowest BCUT2D eigenvalue weighted by molar-refractivity contribution is 0.375. The molecule has 0 aromatic heterocycles. The zero-order chi connectivity index (χ0) is 10.9. The molecule has 0 spiro atoms. The van der Waals surface area contributed by atoms with E-state index in [1.54, 1.807) is 0 Å². The highest BCUT2D eigenvalue weighted by Gasteiger charge is 2.21. The monoisotopic (exact) mass is 258 g/mol. The SMILES string of the molecule is COc1c(F)cc(Cl)cc1S(=O)(=O)Cl. The van der Waals surface area contributed by atoms with Crippen LogP contribution in [0.1, 0.15) is 0 Å². The summed E-state index contributed by atoms with van der Waals surface area (Å²) in [5.74, 6) is -1.32. The number of benzene rings is 1. The quantitative estimate of drug-likeness (QED) is 0.766. The fourth-order valence-electron chi connectivity index (χ4n) is 0.916. The molecular weight excluding hydrogens is 254 g/mol. The summed E-state index contributed by atoms with van der Waals surface area (Å²) >= 11 is 5.47. The maximum absolute atomic E-state index is 13.1. The number of ether oxygens (including phenoxy) is 1. The number of rotatable bonds is 2. The molecule has 0 aliphatic carbocycles. The Morgan fingerprint density at radius 1 is 1.43 bits per heavy atom. The van der Waals surface area contributed by atoms with E-state index in [9.17, 15) is 12.8 Å². The van der Waals surface area contributed by atoms with Gasteiger partial charge in [-0.25, -0.2) is 12.8 Å². The maximum atomic E-state index is 13.1. The lowest BCUT2D eigenvalue weighted by Crippen LogP contribution is -1.98.